The molecule has 21 heavy (non-hydrogen) atoms. The summed E-state index contributed by atoms with van der Waals surface area (Å²) >= 11 is 0. The van der Waals surface area contributed by atoms with E-state index in [9.17, 15) is 9.90 Å². The lowest BCUT2D eigenvalue weighted by Gasteiger charge is -2.16. The summed E-state index contributed by atoms with van der Waals surface area (Å²) in [6.07, 6.45) is 2.74. The maximum absolute atomic E-state index is 11.9. The Morgan fingerprint density at radius 3 is 2.86 bits per heavy atom. The predicted molar refractivity (Wildman–Crippen MR) is 82.3 cm³/mol. The van der Waals surface area contributed by atoms with Crippen LogP contribution < -0.4 is 10.6 Å². The highest BCUT2D eigenvalue weighted by molar-refractivity contribution is 5.89. The number of benzene rings is 1. The highest BCUT2D eigenvalue weighted by Gasteiger charge is 2.42. The van der Waals surface area contributed by atoms with Gasteiger partial charge in [-0.3, -0.25) is 0 Å². The van der Waals surface area contributed by atoms with Crippen LogP contribution in [0.5, 0.6) is 0 Å². The zero-order valence-electron chi connectivity index (χ0n) is 12.7. The van der Waals surface area contributed by atoms with Crippen molar-refractivity contribution in [1.82, 2.24) is 5.32 Å². The minimum absolute atomic E-state index is 0.207. The molecule has 1 aromatic rings. The van der Waals surface area contributed by atoms with Crippen LogP contribution in [-0.4, -0.2) is 31.4 Å². The van der Waals surface area contributed by atoms with Gasteiger partial charge in [-0.2, -0.15) is 0 Å². The fourth-order valence-corrected chi connectivity index (χ4v) is 2.33. The first-order valence-electron chi connectivity index (χ1n) is 7.36. The number of anilines is 1. The molecule has 1 atom stereocenters. The van der Waals surface area contributed by atoms with E-state index in [2.05, 4.69) is 10.6 Å². The fraction of sp³-hybridized carbons (Fsp3) is 0.562. The normalized spacial score (nSPS) is 17.1. The maximum Gasteiger partial charge on any atom is 0.319 e. The minimum Gasteiger partial charge on any atom is -0.389 e. The highest BCUT2D eigenvalue weighted by Crippen LogP contribution is 2.48. The second kappa shape index (κ2) is 6.91. The third-order valence-electron chi connectivity index (χ3n) is 4.04. The van der Waals surface area contributed by atoms with Crippen molar-refractivity contribution in [3.05, 3.63) is 29.8 Å². The minimum atomic E-state index is -0.543. The van der Waals surface area contributed by atoms with Crippen LogP contribution in [-0.2, 0) is 4.74 Å². The van der Waals surface area contributed by atoms with Crippen LogP contribution >= 0.6 is 0 Å². The van der Waals surface area contributed by atoms with Gasteiger partial charge < -0.3 is 20.5 Å². The number of methoxy groups -OCH3 is 1. The van der Waals surface area contributed by atoms with Crippen LogP contribution in [0.1, 0.15) is 37.9 Å². The van der Waals surface area contributed by atoms with Gasteiger partial charge in [0, 0.05) is 25.9 Å². The number of nitrogens with one attached hydrogen (secondary N) is 2. The Labute approximate surface area is 125 Å². The first-order valence-corrected chi connectivity index (χ1v) is 7.36. The zero-order chi connectivity index (χ0) is 15.3. The van der Waals surface area contributed by atoms with Gasteiger partial charge in [0.2, 0.25) is 0 Å². The number of aliphatic hydroxyl groups is 1. The molecule has 0 aromatic heterocycles. The Kier molecular flexibility index (Phi) is 5.20. The van der Waals surface area contributed by atoms with E-state index in [0.717, 1.165) is 31.4 Å². The van der Waals surface area contributed by atoms with E-state index in [0.29, 0.717) is 12.2 Å². The van der Waals surface area contributed by atoms with Gasteiger partial charge >= 0.3 is 6.03 Å². The van der Waals surface area contributed by atoms with Crippen molar-refractivity contribution in [3.8, 4) is 0 Å². The Hall–Kier alpha value is -1.59. The topological polar surface area (TPSA) is 70.6 Å². The maximum atomic E-state index is 11.9. The predicted octanol–water partition coefficient (Wildman–Crippen LogP) is 2.68. The first kappa shape index (κ1) is 15.8. The van der Waals surface area contributed by atoms with E-state index >= 15 is 0 Å². The van der Waals surface area contributed by atoms with Gasteiger partial charge in [0.25, 0.3) is 0 Å². The molecule has 1 fully saturated rings. The summed E-state index contributed by atoms with van der Waals surface area (Å²) in [6.45, 7) is 3.11. The van der Waals surface area contributed by atoms with Crippen molar-refractivity contribution < 1.29 is 14.6 Å². The number of carbonyl (C=O) groups is 1. The van der Waals surface area contributed by atoms with E-state index in [-0.39, 0.29) is 11.4 Å². The van der Waals surface area contributed by atoms with Crippen LogP contribution in [0.3, 0.4) is 0 Å². The summed E-state index contributed by atoms with van der Waals surface area (Å²) in [5, 5.41) is 15.3. The first-order chi connectivity index (χ1) is 10.0. The molecule has 3 N–H and O–H groups in total. The second-order valence-corrected chi connectivity index (χ2v) is 5.85. The molecule has 2 rings (SSSR count). The molecular formula is C16H24N2O3. The molecule has 116 valence electrons. The number of hydrogen-bond donors (Lipinski definition) is 3. The molecule has 0 heterocycles. The average molecular weight is 292 g/mol. The van der Waals surface area contributed by atoms with Crippen molar-refractivity contribution in [2.45, 2.75) is 32.3 Å². The van der Waals surface area contributed by atoms with Gasteiger partial charge in [-0.15, -0.1) is 0 Å². The zero-order valence-corrected chi connectivity index (χ0v) is 12.7. The SMILES string of the molecule is COCCC1(CNC(=O)Nc2cccc(C(C)O)c2)CC1. The Bertz CT molecular complexity index is 484. The fourth-order valence-electron chi connectivity index (χ4n) is 2.33. The van der Waals surface area contributed by atoms with Crippen molar-refractivity contribution in [2.75, 3.05) is 25.6 Å². The molecule has 1 aliphatic rings. The number of ether oxygens (including phenoxy) is 1. The summed E-state index contributed by atoms with van der Waals surface area (Å²) in [5.41, 5.74) is 1.70. The molecule has 0 aliphatic heterocycles. The Balaban J connectivity index is 1.81. The van der Waals surface area contributed by atoms with Crippen molar-refractivity contribution >= 4 is 11.7 Å². The van der Waals surface area contributed by atoms with E-state index in [1.54, 1.807) is 20.1 Å². The van der Waals surface area contributed by atoms with E-state index in [1.807, 2.05) is 18.2 Å². The van der Waals surface area contributed by atoms with E-state index in [1.165, 1.54) is 0 Å². The molecule has 5 heteroatoms. The van der Waals surface area contributed by atoms with Crippen LogP contribution in [0.15, 0.2) is 24.3 Å². The van der Waals surface area contributed by atoms with Crippen molar-refractivity contribution in [1.29, 1.82) is 0 Å². The Morgan fingerprint density at radius 2 is 2.24 bits per heavy atom. The van der Waals surface area contributed by atoms with Gasteiger partial charge in [-0.1, -0.05) is 12.1 Å². The smallest absolute Gasteiger partial charge is 0.319 e. The van der Waals surface area contributed by atoms with Gasteiger partial charge in [0.15, 0.2) is 0 Å². The second-order valence-electron chi connectivity index (χ2n) is 5.85. The van der Waals surface area contributed by atoms with Crippen molar-refractivity contribution in [2.24, 2.45) is 5.41 Å². The van der Waals surface area contributed by atoms with Crippen LogP contribution in [0, 0.1) is 5.41 Å². The largest absolute Gasteiger partial charge is 0.389 e. The average Bonchev–Trinajstić information content (AvgIpc) is 3.24. The summed E-state index contributed by atoms with van der Waals surface area (Å²) in [6, 6.07) is 7.03. The highest BCUT2D eigenvalue weighted by atomic mass is 16.5. The van der Waals surface area contributed by atoms with Crippen LogP contribution in [0.25, 0.3) is 0 Å². The number of amides is 2. The number of carbonyl (C=O) groups excluding carboxylic acids is 1. The molecule has 1 unspecified atom stereocenters. The lowest BCUT2D eigenvalue weighted by Crippen LogP contribution is -2.34. The van der Waals surface area contributed by atoms with Gasteiger partial charge in [0.1, 0.15) is 0 Å². The number of aliphatic hydroxyl groups excluding tert-OH is 1. The van der Waals surface area contributed by atoms with Gasteiger partial charge in [0.05, 0.1) is 6.10 Å². The standard InChI is InChI=1S/C16H24N2O3/c1-12(19)13-4-3-5-14(10-13)18-15(20)17-11-16(6-7-16)8-9-21-2/h3-5,10,12,19H,6-9,11H2,1-2H3,(H2,17,18,20). The lowest BCUT2D eigenvalue weighted by atomic mass is 10.0. The Morgan fingerprint density at radius 1 is 1.48 bits per heavy atom. The molecule has 0 spiro atoms. The number of rotatable bonds is 7. The molecule has 0 radical (unpaired) electrons. The summed E-state index contributed by atoms with van der Waals surface area (Å²) in [5.74, 6) is 0. The monoisotopic (exact) mass is 292 g/mol. The van der Waals surface area contributed by atoms with Crippen LogP contribution in [0.2, 0.25) is 0 Å². The molecular weight excluding hydrogens is 268 g/mol. The molecule has 0 bridgehead atoms. The summed E-state index contributed by atoms with van der Waals surface area (Å²) < 4.78 is 5.10. The quantitative estimate of drug-likeness (QED) is 0.723. The van der Waals surface area contributed by atoms with Gasteiger partial charge in [-0.25, -0.2) is 4.79 Å². The molecule has 1 aromatic carbocycles. The summed E-state index contributed by atoms with van der Waals surface area (Å²) in [4.78, 5) is 11.9. The third kappa shape index (κ3) is 4.72. The summed E-state index contributed by atoms with van der Waals surface area (Å²) in [7, 11) is 1.70. The van der Waals surface area contributed by atoms with Gasteiger partial charge in [-0.05, 0) is 49.3 Å². The number of hydrogen-bond acceptors (Lipinski definition) is 3. The van der Waals surface area contributed by atoms with Crippen LogP contribution in [0.4, 0.5) is 10.5 Å². The van der Waals surface area contributed by atoms with E-state index in [4.69, 9.17) is 4.74 Å². The molecule has 5 nitrogen and oxygen atoms in total. The van der Waals surface area contributed by atoms with E-state index < -0.39 is 6.10 Å². The number of urea groups is 1. The lowest BCUT2D eigenvalue weighted by molar-refractivity contribution is 0.171. The van der Waals surface area contributed by atoms with Crippen molar-refractivity contribution in [3.63, 3.8) is 0 Å². The third-order valence-corrected chi connectivity index (χ3v) is 4.04. The molecule has 1 saturated carbocycles. The molecule has 1 aliphatic carbocycles. The molecule has 2 amide bonds. The molecule has 0 saturated heterocycles.